The van der Waals surface area contributed by atoms with Crippen LogP contribution in [0.1, 0.15) is 30.4 Å². The average molecular weight is 529 g/mol. The maximum absolute atomic E-state index is 14.9. The zero-order valence-electron chi connectivity index (χ0n) is 21.3. The van der Waals surface area contributed by atoms with Crippen LogP contribution in [0.4, 0.5) is 20.6 Å². The molecule has 198 valence electrons. The molecule has 3 aromatic heterocycles. The van der Waals surface area contributed by atoms with Gasteiger partial charge in [-0.3, -0.25) is 19.6 Å². The lowest BCUT2D eigenvalue weighted by Gasteiger charge is -2.11. The van der Waals surface area contributed by atoms with Crippen LogP contribution in [0.15, 0.2) is 67.1 Å². The van der Waals surface area contributed by atoms with Gasteiger partial charge in [0.2, 0.25) is 0 Å². The number of nitrogens with zero attached hydrogens (tertiary/aromatic N) is 4. The number of aromatic nitrogens is 5. The van der Waals surface area contributed by atoms with E-state index in [9.17, 15) is 14.0 Å². The molecule has 0 atom stereocenters. The van der Waals surface area contributed by atoms with Gasteiger partial charge in [0.05, 0.1) is 23.1 Å². The topological polar surface area (TPSA) is 139 Å². The van der Waals surface area contributed by atoms with Gasteiger partial charge in [-0.05, 0) is 44.2 Å². The highest BCUT2D eigenvalue weighted by Crippen LogP contribution is 2.31. The van der Waals surface area contributed by atoms with Gasteiger partial charge in [0.25, 0.3) is 5.91 Å². The molecule has 11 nitrogen and oxygen atoms in total. The summed E-state index contributed by atoms with van der Waals surface area (Å²) in [6.45, 7) is 3.95. The molecule has 3 heterocycles. The Kier molecular flexibility index (Phi) is 6.91. The number of carbonyl (C=O) groups is 2. The number of nitrogens with one attached hydrogen (secondary N) is 4. The first-order valence-electron chi connectivity index (χ1n) is 12.1. The zero-order chi connectivity index (χ0) is 27.5. The predicted molar refractivity (Wildman–Crippen MR) is 144 cm³/mol. The van der Waals surface area contributed by atoms with Crippen molar-refractivity contribution in [2.45, 2.75) is 19.9 Å². The van der Waals surface area contributed by atoms with Crippen LogP contribution >= 0.6 is 0 Å². The van der Waals surface area contributed by atoms with Gasteiger partial charge >= 0.3 is 6.03 Å². The fourth-order valence-corrected chi connectivity index (χ4v) is 3.85. The number of rotatable bonds is 7. The number of carbonyl (C=O) groups excluding carboxylic acids is 2. The first-order valence-corrected chi connectivity index (χ1v) is 12.1. The van der Waals surface area contributed by atoms with Crippen LogP contribution in [0.2, 0.25) is 0 Å². The Morgan fingerprint density at radius 3 is 2.59 bits per heavy atom. The van der Waals surface area contributed by atoms with E-state index in [0.717, 1.165) is 22.5 Å². The molecule has 0 saturated heterocycles. The third-order valence-electron chi connectivity index (χ3n) is 5.84. The van der Waals surface area contributed by atoms with E-state index in [0.29, 0.717) is 17.1 Å². The summed E-state index contributed by atoms with van der Waals surface area (Å²) >= 11 is 0. The van der Waals surface area contributed by atoms with Crippen LogP contribution in [0.25, 0.3) is 22.2 Å². The fraction of sp³-hybridized carbons (Fsp3) is 0.148. The van der Waals surface area contributed by atoms with Gasteiger partial charge in [-0.15, -0.1) is 0 Å². The predicted octanol–water partition coefficient (Wildman–Crippen LogP) is 5.34. The number of benzene rings is 2. The molecule has 0 fully saturated rings. The van der Waals surface area contributed by atoms with E-state index in [1.165, 1.54) is 31.4 Å². The van der Waals surface area contributed by atoms with Crippen molar-refractivity contribution in [1.82, 2.24) is 30.3 Å². The maximum atomic E-state index is 14.9. The number of H-pyrrole nitrogens is 1. The molecule has 0 aliphatic carbocycles. The molecule has 0 radical (unpaired) electrons. The Bertz CT molecular complexity index is 1680. The van der Waals surface area contributed by atoms with Crippen molar-refractivity contribution in [2.75, 3.05) is 17.7 Å². The van der Waals surface area contributed by atoms with Crippen LogP contribution in [-0.4, -0.2) is 43.9 Å². The summed E-state index contributed by atoms with van der Waals surface area (Å²) in [5, 5.41) is 20.3. The van der Waals surface area contributed by atoms with Crippen molar-refractivity contribution >= 4 is 34.2 Å². The smallest absolute Gasteiger partial charge is 0.323 e. The molecule has 12 heteroatoms. The first kappa shape index (κ1) is 25.4. The third kappa shape index (κ3) is 5.54. The number of halogens is 1. The summed E-state index contributed by atoms with van der Waals surface area (Å²) in [6.07, 6.45) is 4.86. The molecule has 4 N–H and O–H groups in total. The lowest BCUT2D eigenvalue weighted by Crippen LogP contribution is -2.20. The monoisotopic (exact) mass is 528 g/mol. The summed E-state index contributed by atoms with van der Waals surface area (Å²) in [4.78, 5) is 28.6. The Balaban J connectivity index is 1.32. The minimum Gasteiger partial charge on any atom is -0.457 e. The van der Waals surface area contributed by atoms with E-state index in [1.807, 2.05) is 32.0 Å². The second-order valence-electron chi connectivity index (χ2n) is 8.92. The highest BCUT2D eigenvalue weighted by Gasteiger charge is 2.17. The fourth-order valence-electron chi connectivity index (χ4n) is 3.85. The minimum atomic E-state index is -0.702. The molecule has 0 unspecified atom stereocenters. The number of ether oxygens (including phenoxy) is 1. The Morgan fingerprint density at radius 2 is 1.82 bits per heavy atom. The summed E-state index contributed by atoms with van der Waals surface area (Å²) in [7, 11) is 1.49. The van der Waals surface area contributed by atoms with Gasteiger partial charge in [0, 0.05) is 48.6 Å². The molecule has 3 amide bonds. The van der Waals surface area contributed by atoms with Gasteiger partial charge in [-0.1, -0.05) is 6.07 Å². The molecule has 39 heavy (non-hydrogen) atoms. The molecule has 0 aliphatic rings. The van der Waals surface area contributed by atoms with Crippen LogP contribution in [-0.2, 0) is 0 Å². The van der Waals surface area contributed by atoms with Crippen molar-refractivity contribution in [3.05, 3.63) is 78.6 Å². The van der Waals surface area contributed by atoms with Crippen molar-refractivity contribution in [2.24, 2.45) is 0 Å². The quantitative estimate of drug-likeness (QED) is 0.225. The normalized spacial score (nSPS) is 11.0. The van der Waals surface area contributed by atoms with E-state index in [1.54, 1.807) is 23.1 Å². The zero-order valence-corrected chi connectivity index (χ0v) is 21.3. The number of aromatic amines is 1. The number of anilines is 2. The summed E-state index contributed by atoms with van der Waals surface area (Å²) in [6, 6.07) is 12.1. The summed E-state index contributed by atoms with van der Waals surface area (Å²) in [5.74, 6) is -0.583. The second-order valence-corrected chi connectivity index (χ2v) is 8.92. The van der Waals surface area contributed by atoms with Gasteiger partial charge in [0.1, 0.15) is 28.7 Å². The molecular formula is C27H25FN8O3. The second kappa shape index (κ2) is 10.6. The molecular weight excluding hydrogens is 503 g/mol. The SMILES string of the molecule is CNC(=O)c1cc(Oc2ccc(NC(=O)Nc3cn(C(C)C)nc3-c3ccc4[nH]ncc4c3)c(F)c2)ccn1. The van der Waals surface area contributed by atoms with Crippen molar-refractivity contribution in [1.29, 1.82) is 0 Å². The molecule has 5 rings (SSSR count). The van der Waals surface area contributed by atoms with E-state index in [4.69, 9.17) is 4.74 Å². The van der Waals surface area contributed by atoms with Gasteiger partial charge in [0.15, 0.2) is 0 Å². The molecule has 0 bridgehead atoms. The first-order chi connectivity index (χ1) is 18.8. The summed E-state index contributed by atoms with van der Waals surface area (Å²) < 4.78 is 22.3. The third-order valence-corrected chi connectivity index (χ3v) is 5.84. The van der Waals surface area contributed by atoms with Gasteiger partial charge < -0.3 is 20.7 Å². The van der Waals surface area contributed by atoms with Gasteiger partial charge in [-0.25, -0.2) is 9.18 Å². The lowest BCUT2D eigenvalue weighted by atomic mass is 10.1. The van der Waals surface area contributed by atoms with Crippen molar-refractivity contribution in [3.63, 3.8) is 0 Å². The molecule has 0 saturated carbocycles. The molecule has 2 aromatic carbocycles. The number of amides is 3. The molecule has 5 aromatic rings. The molecule has 0 aliphatic heterocycles. The van der Waals surface area contributed by atoms with Crippen molar-refractivity contribution < 1.29 is 18.7 Å². The standard InChI is InChI=1S/C27H25FN8O3/c1-15(2)36-14-24(25(35-36)16-4-6-21-17(10-16)13-31-34-21)33-27(38)32-22-7-5-18(11-20(22)28)39-19-8-9-30-23(12-19)26(37)29-3/h4-15H,1-3H3,(H,29,37)(H,31,34)(H2,32,33,38). The number of hydrogen-bond acceptors (Lipinski definition) is 6. The summed E-state index contributed by atoms with van der Waals surface area (Å²) in [5.41, 5.74) is 2.83. The highest BCUT2D eigenvalue weighted by molar-refractivity contribution is 6.02. The van der Waals surface area contributed by atoms with E-state index < -0.39 is 11.8 Å². The number of fused-ring (bicyclic) bond motifs is 1. The average Bonchev–Trinajstić information content (AvgIpc) is 3.56. The Labute approximate surface area is 222 Å². The van der Waals surface area contributed by atoms with E-state index in [2.05, 4.69) is 36.2 Å². The maximum Gasteiger partial charge on any atom is 0.323 e. The number of urea groups is 1. The van der Waals surface area contributed by atoms with Crippen LogP contribution in [0, 0.1) is 5.82 Å². The largest absolute Gasteiger partial charge is 0.457 e. The molecule has 0 spiro atoms. The van der Waals surface area contributed by atoms with Crippen molar-refractivity contribution in [3.8, 4) is 22.8 Å². The Morgan fingerprint density at radius 1 is 1.03 bits per heavy atom. The number of pyridine rings is 1. The Hall–Kier alpha value is -5.26. The van der Waals surface area contributed by atoms with Crippen LogP contribution in [0.5, 0.6) is 11.5 Å². The number of hydrogen-bond donors (Lipinski definition) is 4. The van der Waals surface area contributed by atoms with Gasteiger partial charge in [-0.2, -0.15) is 10.2 Å². The lowest BCUT2D eigenvalue weighted by molar-refractivity contribution is 0.0957. The van der Waals surface area contributed by atoms with Crippen LogP contribution < -0.4 is 20.7 Å². The minimum absolute atomic E-state index is 0.0433. The van der Waals surface area contributed by atoms with E-state index >= 15 is 0 Å². The van der Waals surface area contributed by atoms with E-state index in [-0.39, 0.29) is 29.1 Å². The highest BCUT2D eigenvalue weighted by atomic mass is 19.1. The van der Waals surface area contributed by atoms with Crippen LogP contribution in [0.3, 0.4) is 0 Å².